The maximum absolute atomic E-state index is 12.7. The Kier molecular flexibility index (Phi) is 11.3. The molecule has 4 aromatic rings. The second-order valence-electron chi connectivity index (χ2n) is 11.3. The van der Waals surface area contributed by atoms with Crippen LogP contribution in [-0.4, -0.2) is 39.2 Å². The van der Waals surface area contributed by atoms with Gasteiger partial charge in [0.05, 0.1) is 38.0 Å². The Morgan fingerprint density at radius 2 is 0.644 bits per heavy atom. The number of ether oxygens (including phenoxy) is 3. The molecule has 4 rings (SSSR count). The van der Waals surface area contributed by atoms with Crippen LogP contribution in [0.4, 0.5) is 0 Å². The predicted octanol–water partition coefficient (Wildman–Crippen LogP) is 8.90. The van der Waals surface area contributed by atoms with Gasteiger partial charge in [0.2, 0.25) is 0 Å². The van der Waals surface area contributed by atoms with Crippen LogP contribution in [0.3, 0.4) is 0 Å². The topological polar surface area (TPSA) is 78.9 Å². The SMILES string of the molecule is CCCc1cc(C(=O)OC)cc(-c2cc(-c3cc(CCC)cc(C(=O)OC)c3)cc(-c3cc(CCC)cc(C(=O)OC)c3)c2)c1. The Hall–Kier alpha value is -4.71. The molecule has 45 heavy (non-hydrogen) atoms. The van der Waals surface area contributed by atoms with Crippen molar-refractivity contribution in [1.29, 1.82) is 0 Å². The van der Waals surface area contributed by atoms with E-state index in [1.54, 1.807) is 0 Å². The number of aryl methyl sites for hydroxylation is 3. The van der Waals surface area contributed by atoms with Crippen molar-refractivity contribution in [1.82, 2.24) is 0 Å². The number of benzene rings is 4. The van der Waals surface area contributed by atoms with Crippen LogP contribution in [0.25, 0.3) is 33.4 Å². The van der Waals surface area contributed by atoms with E-state index in [4.69, 9.17) is 14.2 Å². The van der Waals surface area contributed by atoms with Crippen LogP contribution in [-0.2, 0) is 33.5 Å². The third-order valence-corrected chi connectivity index (χ3v) is 7.79. The molecule has 0 aromatic heterocycles. The molecule has 4 aromatic carbocycles. The summed E-state index contributed by atoms with van der Waals surface area (Å²) in [5, 5.41) is 0. The molecule has 0 bridgehead atoms. The Balaban J connectivity index is 2.04. The highest BCUT2D eigenvalue weighted by Gasteiger charge is 2.17. The summed E-state index contributed by atoms with van der Waals surface area (Å²) in [5.41, 5.74) is 9.89. The number of methoxy groups -OCH3 is 3. The zero-order valence-electron chi connectivity index (χ0n) is 27.1. The van der Waals surface area contributed by atoms with E-state index in [0.29, 0.717) is 16.7 Å². The Bertz CT molecular complexity index is 1490. The van der Waals surface area contributed by atoms with Crippen molar-refractivity contribution < 1.29 is 28.6 Å². The zero-order chi connectivity index (χ0) is 32.5. The number of hydrogen-bond acceptors (Lipinski definition) is 6. The second kappa shape index (κ2) is 15.3. The summed E-state index contributed by atoms with van der Waals surface area (Å²) in [7, 11) is 4.16. The fraction of sp³-hybridized carbons (Fsp3) is 0.308. The molecule has 234 valence electrons. The quantitative estimate of drug-likeness (QED) is 0.118. The molecule has 0 N–H and O–H groups in total. The van der Waals surface area contributed by atoms with Gasteiger partial charge < -0.3 is 14.2 Å². The summed E-state index contributed by atoms with van der Waals surface area (Å²) in [6.07, 6.45) is 5.22. The van der Waals surface area contributed by atoms with E-state index in [9.17, 15) is 14.4 Å². The summed E-state index contributed by atoms with van der Waals surface area (Å²) in [4.78, 5) is 38.0. The molecule has 0 saturated heterocycles. The highest BCUT2D eigenvalue weighted by Crippen LogP contribution is 2.36. The first-order valence-electron chi connectivity index (χ1n) is 15.6. The van der Waals surface area contributed by atoms with E-state index in [0.717, 1.165) is 88.6 Å². The number of esters is 3. The van der Waals surface area contributed by atoms with Gasteiger partial charge in [-0.2, -0.15) is 0 Å². The van der Waals surface area contributed by atoms with Crippen LogP contribution in [0.15, 0.2) is 72.8 Å². The summed E-state index contributed by atoms with van der Waals surface area (Å²) < 4.78 is 15.3. The highest BCUT2D eigenvalue weighted by molar-refractivity contribution is 5.95. The molecule has 0 atom stereocenters. The van der Waals surface area contributed by atoms with Crippen molar-refractivity contribution >= 4 is 17.9 Å². The maximum atomic E-state index is 12.7. The van der Waals surface area contributed by atoms with Crippen LogP contribution < -0.4 is 0 Å². The van der Waals surface area contributed by atoms with Crippen molar-refractivity contribution in [2.24, 2.45) is 0 Å². The minimum absolute atomic E-state index is 0.393. The minimum Gasteiger partial charge on any atom is -0.465 e. The lowest BCUT2D eigenvalue weighted by atomic mass is 9.89. The Labute approximate surface area is 266 Å². The first kappa shape index (κ1) is 33.2. The highest BCUT2D eigenvalue weighted by atomic mass is 16.5. The summed E-state index contributed by atoms with van der Waals surface area (Å²) in [6, 6.07) is 23.8. The van der Waals surface area contributed by atoms with Crippen molar-refractivity contribution in [3.05, 3.63) is 106 Å². The van der Waals surface area contributed by atoms with Crippen LogP contribution >= 0.6 is 0 Å². The Morgan fingerprint density at radius 1 is 0.400 bits per heavy atom. The van der Waals surface area contributed by atoms with E-state index >= 15 is 0 Å². The molecular formula is C39H42O6. The molecule has 0 aliphatic rings. The standard InChI is InChI=1S/C39H42O6/c1-7-10-25-13-28(22-34(16-25)37(40)43-4)31-19-32(29-14-26(11-8-2)17-35(23-29)38(41)44-5)21-33(20-31)30-15-27(12-9-3)18-36(24-30)39(42)45-6/h13-24H,7-12H2,1-6H3. The number of carbonyl (C=O) groups excluding carboxylic acids is 3. The molecule has 0 aliphatic carbocycles. The average Bonchev–Trinajstić information content (AvgIpc) is 3.06. The van der Waals surface area contributed by atoms with E-state index in [-0.39, 0.29) is 0 Å². The molecule has 0 radical (unpaired) electrons. The van der Waals surface area contributed by atoms with Gasteiger partial charge in [0, 0.05) is 0 Å². The molecule has 0 aliphatic heterocycles. The van der Waals surface area contributed by atoms with E-state index in [1.165, 1.54) is 21.3 Å². The first-order valence-corrected chi connectivity index (χ1v) is 15.6. The lowest BCUT2D eigenvalue weighted by molar-refractivity contribution is 0.0592. The van der Waals surface area contributed by atoms with E-state index in [1.807, 2.05) is 36.4 Å². The molecule has 0 saturated carbocycles. The van der Waals surface area contributed by atoms with Gasteiger partial charge in [-0.05, 0) is 124 Å². The summed E-state index contributed by atoms with van der Waals surface area (Å²) in [5.74, 6) is -1.18. The maximum Gasteiger partial charge on any atom is 0.337 e. The van der Waals surface area contributed by atoms with Gasteiger partial charge in [0.25, 0.3) is 0 Å². The molecule has 0 amide bonds. The fourth-order valence-electron chi connectivity index (χ4n) is 5.71. The minimum atomic E-state index is -0.393. The van der Waals surface area contributed by atoms with Crippen LogP contribution in [0.5, 0.6) is 0 Å². The fourth-order valence-corrected chi connectivity index (χ4v) is 5.71. The number of hydrogen-bond donors (Lipinski definition) is 0. The van der Waals surface area contributed by atoms with E-state index < -0.39 is 17.9 Å². The molecule has 0 unspecified atom stereocenters. The zero-order valence-corrected chi connectivity index (χ0v) is 27.1. The molecule has 6 nitrogen and oxygen atoms in total. The van der Waals surface area contributed by atoms with E-state index in [2.05, 4.69) is 57.2 Å². The van der Waals surface area contributed by atoms with Gasteiger partial charge in [-0.15, -0.1) is 0 Å². The average molecular weight is 607 g/mol. The predicted molar refractivity (Wildman–Crippen MR) is 179 cm³/mol. The molecular weight excluding hydrogens is 564 g/mol. The van der Waals surface area contributed by atoms with Crippen molar-refractivity contribution in [2.45, 2.75) is 59.3 Å². The first-order chi connectivity index (χ1) is 21.7. The molecule has 0 spiro atoms. The third-order valence-electron chi connectivity index (χ3n) is 7.79. The number of carbonyl (C=O) groups is 3. The summed E-state index contributed by atoms with van der Waals surface area (Å²) in [6.45, 7) is 6.31. The van der Waals surface area contributed by atoms with Crippen molar-refractivity contribution in [3.63, 3.8) is 0 Å². The van der Waals surface area contributed by atoms with Crippen LogP contribution in [0, 0.1) is 0 Å². The molecule has 0 fully saturated rings. The smallest absolute Gasteiger partial charge is 0.337 e. The normalized spacial score (nSPS) is 10.8. The second-order valence-corrected chi connectivity index (χ2v) is 11.3. The monoisotopic (exact) mass is 606 g/mol. The lowest BCUT2D eigenvalue weighted by Gasteiger charge is -2.16. The lowest BCUT2D eigenvalue weighted by Crippen LogP contribution is -2.04. The van der Waals surface area contributed by atoms with Gasteiger partial charge in [-0.3, -0.25) is 0 Å². The van der Waals surface area contributed by atoms with Gasteiger partial charge in [-0.1, -0.05) is 58.2 Å². The third kappa shape index (κ3) is 8.07. The van der Waals surface area contributed by atoms with Crippen LogP contribution in [0.2, 0.25) is 0 Å². The van der Waals surface area contributed by atoms with Gasteiger partial charge in [-0.25, -0.2) is 14.4 Å². The van der Waals surface area contributed by atoms with Crippen molar-refractivity contribution in [2.75, 3.05) is 21.3 Å². The molecule has 0 heterocycles. The van der Waals surface area contributed by atoms with Gasteiger partial charge >= 0.3 is 17.9 Å². The van der Waals surface area contributed by atoms with Crippen LogP contribution in [0.1, 0.15) is 87.8 Å². The van der Waals surface area contributed by atoms with Gasteiger partial charge in [0.1, 0.15) is 0 Å². The molecule has 6 heteroatoms. The summed E-state index contributed by atoms with van der Waals surface area (Å²) >= 11 is 0. The van der Waals surface area contributed by atoms with Gasteiger partial charge in [0.15, 0.2) is 0 Å². The Morgan fingerprint density at radius 3 is 0.867 bits per heavy atom. The largest absolute Gasteiger partial charge is 0.465 e. The van der Waals surface area contributed by atoms with Crippen molar-refractivity contribution in [3.8, 4) is 33.4 Å². The number of rotatable bonds is 12.